The molecule has 5 nitrogen and oxygen atoms in total. The molecule has 0 unspecified atom stereocenters. The first-order valence-corrected chi connectivity index (χ1v) is 8.43. The smallest absolute Gasteiger partial charge is 0.246 e. The van der Waals surface area contributed by atoms with Crippen LogP contribution in [0.25, 0.3) is 6.08 Å². The van der Waals surface area contributed by atoms with E-state index in [0.29, 0.717) is 23.3 Å². The molecule has 0 N–H and O–H groups in total. The zero-order chi connectivity index (χ0) is 17.5. The number of benzene rings is 1. The highest BCUT2D eigenvalue weighted by Gasteiger charge is 2.23. The van der Waals surface area contributed by atoms with Crippen LogP contribution in [0.3, 0.4) is 0 Å². The number of rotatable bonds is 6. The van der Waals surface area contributed by atoms with E-state index in [1.165, 1.54) is 6.42 Å². The number of carbonyl (C=O) groups excluding carboxylic acids is 1. The summed E-state index contributed by atoms with van der Waals surface area (Å²) in [6.07, 6.45) is 7.83. The van der Waals surface area contributed by atoms with Gasteiger partial charge in [0.2, 0.25) is 11.7 Å². The number of nitrogens with zero attached hydrogens (tertiary/aromatic N) is 1. The van der Waals surface area contributed by atoms with E-state index in [2.05, 4.69) is 6.92 Å². The summed E-state index contributed by atoms with van der Waals surface area (Å²) in [7, 11) is 4.73. The van der Waals surface area contributed by atoms with Crippen molar-refractivity contribution < 1.29 is 19.0 Å². The summed E-state index contributed by atoms with van der Waals surface area (Å²) in [5, 5.41) is 0. The maximum Gasteiger partial charge on any atom is 0.246 e. The molecule has 132 valence electrons. The molecular weight excluding hydrogens is 306 g/mol. The second-order valence-corrected chi connectivity index (χ2v) is 5.88. The Morgan fingerprint density at radius 3 is 2.38 bits per heavy atom. The number of hydrogen-bond acceptors (Lipinski definition) is 4. The predicted octanol–water partition coefficient (Wildman–Crippen LogP) is 3.52. The summed E-state index contributed by atoms with van der Waals surface area (Å²) < 4.78 is 16.0. The highest BCUT2D eigenvalue weighted by molar-refractivity contribution is 5.92. The van der Waals surface area contributed by atoms with E-state index in [4.69, 9.17) is 14.2 Å². The Hall–Kier alpha value is -2.17. The SMILES string of the molecule is CC[C@@H]1CCCCN1C(=O)/C=C/c1cc(OC)c(OC)c(OC)c1. The Morgan fingerprint density at radius 1 is 1.17 bits per heavy atom. The van der Waals surface area contributed by atoms with E-state index in [9.17, 15) is 4.79 Å². The van der Waals surface area contributed by atoms with E-state index in [0.717, 1.165) is 31.4 Å². The monoisotopic (exact) mass is 333 g/mol. The van der Waals surface area contributed by atoms with Crippen LogP contribution >= 0.6 is 0 Å². The third-order valence-electron chi connectivity index (χ3n) is 4.49. The molecule has 0 saturated carbocycles. The molecule has 5 heteroatoms. The topological polar surface area (TPSA) is 48.0 Å². The maximum absolute atomic E-state index is 12.5. The molecule has 24 heavy (non-hydrogen) atoms. The van der Waals surface area contributed by atoms with Crippen molar-refractivity contribution >= 4 is 12.0 Å². The average Bonchev–Trinajstić information content (AvgIpc) is 2.64. The zero-order valence-corrected chi connectivity index (χ0v) is 15.0. The van der Waals surface area contributed by atoms with Crippen molar-refractivity contribution in [1.29, 1.82) is 0 Å². The molecule has 1 heterocycles. The van der Waals surface area contributed by atoms with Gasteiger partial charge in [0, 0.05) is 18.7 Å². The molecule has 1 saturated heterocycles. The molecule has 1 aromatic carbocycles. The van der Waals surface area contributed by atoms with Gasteiger partial charge in [0.25, 0.3) is 0 Å². The van der Waals surface area contributed by atoms with Crippen molar-refractivity contribution in [1.82, 2.24) is 4.90 Å². The summed E-state index contributed by atoms with van der Waals surface area (Å²) in [6.45, 7) is 2.98. The van der Waals surface area contributed by atoms with Crippen LogP contribution in [-0.2, 0) is 4.79 Å². The number of ether oxygens (including phenoxy) is 3. The lowest BCUT2D eigenvalue weighted by molar-refractivity contribution is -0.129. The van der Waals surface area contributed by atoms with Gasteiger partial charge >= 0.3 is 0 Å². The normalized spacial score (nSPS) is 17.8. The standard InChI is InChI=1S/C19H27NO4/c1-5-15-8-6-7-11-20(15)18(21)10-9-14-12-16(22-2)19(24-4)17(13-14)23-3/h9-10,12-13,15H,5-8,11H2,1-4H3/b10-9+/t15-/m1/s1. The van der Waals surface area contributed by atoms with Gasteiger partial charge in [0.05, 0.1) is 21.3 Å². The lowest BCUT2D eigenvalue weighted by atomic mass is 10.00. The number of carbonyl (C=O) groups is 1. The fraction of sp³-hybridized carbons (Fsp3) is 0.526. The van der Waals surface area contributed by atoms with Gasteiger partial charge in [-0.1, -0.05) is 6.92 Å². The Morgan fingerprint density at radius 2 is 1.83 bits per heavy atom. The number of amides is 1. The predicted molar refractivity (Wildman–Crippen MR) is 94.8 cm³/mol. The van der Waals surface area contributed by atoms with Crippen molar-refractivity contribution in [3.63, 3.8) is 0 Å². The molecule has 1 atom stereocenters. The van der Waals surface area contributed by atoms with Gasteiger partial charge in [0.15, 0.2) is 11.5 Å². The molecule has 0 bridgehead atoms. The van der Waals surface area contributed by atoms with Gasteiger partial charge in [0.1, 0.15) is 0 Å². The van der Waals surface area contributed by atoms with Gasteiger partial charge in [-0.3, -0.25) is 4.79 Å². The average molecular weight is 333 g/mol. The van der Waals surface area contributed by atoms with Crippen LogP contribution in [0.4, 0.5) is 0 Å². The molecule has 1 amide bonds. The lowest BCUT2D eigenvalue weighted by Crippen LogP contribution is -2.42. The van der Waals surface area contributed by atoms with E-state index in [-0.39, 0.29) is 5.91 Å². The Bertz CT molecular complexity index is 572. The first-order valence-electron chi connectivity index (χ1n) is 8.43. The number of hydrogen-bond donors (Lipinski definition) is 0. The van der Waals surface area contributed by atoms with Crippen molar-refractivity contribution in [3.05, 3.63) is 23.8 Å². The van der Waals surface area contributed by atoms with E-state index >= 15 is 0 Å². The Kier molecular flexibility index (Phi) is 6.53. The van der Waals surface area contributed by atoms with E-state index < -0.39 is 0 Å². The van der Waals surface area contributed by atoms with Crippen LogP contribution in [0.2, 0.25) is 0 Å². The maximum atomic E-state index is 12.5. The van der Waals surface area contributed by atoms with Crippen LogP contribution in [0.5, 0.6) is 17.2 Å². The van der Waals surface area contributed by atoms with Gasteiger partial charge in [-0.2, -0.15) is 0 Å². The van der Waals surface area contributed by atoms with E-state index in [1.807, 2.05) is 17.0 Å². The molecular formula is C19H27NO4. The lowest BCUT2D eigenvalue weighted by Gasteiger charge is -2.34. The highest BCUT2D eigenvalue weighted by Crippen LogP contribution is 2.38. The Labute approximate surface area is 144 Å². The van der Waals surface area contributed by atoms with Crippen LogP contribution in [-0.4, -0.2) is 44.7 Å². The summed E-state index contributed by atoms with van der Waals surface area (Å²) in [6, 6.07) is 4.02. The van der Waals surface area contributed by atoms with E-state index in [1.54, 1.807) is 33.5 Å². The first-order chi connectivity index (χ1) is 11.6. The Balaban J connectivity index is 2.20. The summed E-state index contributed by atoms with van der Waals surface area (Å²) in [5.41, 5.74) is 0.836. The van der Waals surface area contributed by atoms with Crippen molar-refractivity contribution in [3.8, 4) is 17.2 Å². The van der Waals surface area contributed by atoms with Gasteiger partial charge in [-0.05, 0) is 49.5 Å². The molecule has 0 spiro atoms. The fourth-order valence-corrected chi connectivity index (χ4v) is 3.18. The highest BCUT2D eigenvalue weighted by atomic mass is 16.5. The molecule has 0 aromatic heterocycles. The zero-order valence-electron chi connectivity index (χ0n) is 15.0. The number of piperidine rings is 1. The van der Waals surface area contributed by atoms with Crippen LogP contribution in [0.1, 0.15) is 38.2 Å². The molecule has 0 aliphatic carbocycles. The third-order valence-corrected chi connectivity index (χ3v) is 4.49. The van der Waals surface area contributed by atoms with Gasteiger partial charge in [-0.15, -0.1) is 0 Å². The number of methoxy groups -OCH3 is 3. The van der Waals surface area contributed by atoms with Gasteiger partial charge < -0.3 is 19.1 Å². The van der Waals surface area contributed by atoms with Crippen molar-refractivity contribution in [2.75, 3.05) is 27.9 Å². The van der Waals surface area contributed by atoms with Crippen LogP contribution in [0, 0.1) is 0 Å². The number of likely N-dealkylation sites (tertiary alicyclic amines) is 1. The van der Waals surface area contributed by atoms with Gasteiger partial charge in [-0.25, -0.2) is 0 Å². The van der Waals surface area contributed by atoms with Crippen LogP contribution < -0.4 is 14.2 Å². The quantitative estimate of drug-likeness (QED) is 0.748. The summed E-state index contributed by atoms with van der Waals surface area (Å²) in [5.74, 6) is 1.77. The van der Waals surface area contributed by atoms with Crippen LogP contribution in [0.15, 0.2) is 18.2 Å². The molecule has 0 radical (unpaired) electrons. The largest absolute Gasteiger partial charge is 0.493 e. The molecule has 1 aliphatic rings. The summed E-state index contributed by atoms with van der Waals surface area (Å²) >= 11 is 0. The minimum absolute atomic E-state index is 0.0651. The molecule has 1 fully saturated rings. The minimum Gasteiger partial charge on any atom is -0.493 e. The second kappa shape index (κ2) is 8.62. The molecule has 2 rings (SSSR count). The fourth-order valence-electron chi connectivity index (χ4n) is 3.18. The second-order valence-electron chi connectivity index (χ2n) is 5.88. The first kappa shape index (κ1) is 18.2. The molecule has 1 aliphatic heterocycles. The minimum atomic E-state index is 0.0651. The van der Waals surface area contributed by atoms with Crippen molar-refractivity contribution in [2.24, 2.45) is 0 Å². The summed E-state index contributed by atoms with van der Waals surface area (Å²) in [4.78, 5) is 14.5. The van der Waals surface area contributed by atoms with Crippen molar-refractivity contribution in [2.45, 2.75) is 38.6 Å². The third kappa shape index (κ3) is 4.02. The molecule has 1 aromatic rings.